The Kier molecular flexibility index (Phi) is 5.85. The molecule has 1 aliphatic heterocycles. The van der Waals surface area contributed by atoms with Gasteiger partial charge >= 0.3 is 0 Å². The number of hydrogen-bond donors (Lipinski definition) is 1. The largest absolute Gasteiger partial charge is 0.496 e. The highest BCUT2D eigenvalue weighted by Crippen LogP contribution is 2.30. The summed E-state index contributed by atoms with van der Waals surface area (Å²) in [4.78, 5) is 7.53. The van der Waals surface area contributed by atoms with Gasteiger partial charge in [0, 0.05) is 25.2 Å². The molecule has 1 saturated heterocycles. The number of rotatable bonds is 4. The monoisotopic (exact) mass is 365 g/mol. The number of benzene rings is 2. The number of aryl methyl sites for hydroxylation is 1. The molecule has 1 heterocycles. The van der Waals surface area contributed by atoms with Crippen LogP contribution in [0.15, 0.2) is 53.5 Å². The van der Waals surface area contributed by atoms with E-state index in [2.05, 4.69) is 74.3 Å². The highest BCUT2D eigenvalue weighted by molar-refractivity contribution is 5.90. The van der Waals surface area contributed by atoms with Crippen molar-refractivity contribution >= 4 is 5.84 Å². The average Bonchev–Trinajstić information content (AvgIpc) is 2.64. The predicted molar refractivity (Wildman–Crippen MR) is 113 cm³/mol. The molecule has 0 saturated carbocycles. The Morgan fingerprint density at radius 3 is 2.48 bits per heavy atom. The van der Waals surface area contributed by atoms with Crippen LogP contribution in [0.2, 0.25) is 0 Å². The van der Waals surface area contributed by atoms with Gasteiger partial charge in [-0.05, 0) is 39.3 Å². The number of para-hydroxylation sites is 1. The van der Waals surface area contributed by atoms with E-state index >= 15 is 0 Å². The Bertz CT molecular complexity index is 790. The lowest BCUT2D eigenvalue weighted by molar-refractivity contribution is 0.332. The number of methoxy groups -OCH3 is 1. The first-order valence-electron chi connectivity index (χ1n) is 9.64. The van der Waals surface area contributed by atoms with Gasteiger partial charge in [0.25, 0.3) is 0 Å². The summed E-state index contributed by atoms with van der Waals surface area (Å²) in [6.45, 7) is 11.3. The normalized spacial score (nSPS) is 19.4. The minimum Gasteiger partial charge on any atom is -0.496 e. The molecule has 1 unspecified atom stereocenters. The Hall–Kier alpha value is -2.33. The van der Waals surface area contributed by atoms with Gasteiger partial charge in [0.05, 0.1) is 18.7 Å². The molecule has 0 aliphatic carbocycles. The number of amidine groups is 1. The van der Waals surface area contributed by atoms with Gasteiger partial charge in [0.15, 0.2) is 0 Å². The summed E-state index contributed by atoms with van der Waals surface area (Å²) in [5.74, 6) is 1.98. The minimum atomic E-state index is -0.153. The number of aliphatic imine (C=N–C) groups is 1. The zero-order valence-electron chi connectivity index (χ0n) is 17.1. The average molecular weight is 366 g/mol. The third kappa shape index (κ3) is 4.89. The fourth-order valence-electron chi connectivity index (χ4n) is 3.44. The second kappa shape index (κ2) is 8.13. The molecule has 1 fully saturated rings. The van der Waals surface area contributed by atoms with E-state index in [1.54, 1.807) is 7.11 Å². The Morgan fingerprint density at radius 2 is 1.81 bits per heavy atom. The van der Waals surface area contributed by atoms with Crippen LogP contribution < -0.4 is 10.1 Å². The van der Waals surface area contributed by atoms with Crippen molar-refractivity contribution in [3.05, 3.63) is 65.2 Å². The Morgan fingerprint density at radius 1 is 1.11 bits per heavy atom. The molecular weight excluding hydrogens is 334 g/mol. The van der Waals surface area contributed by atoms with Crippen molar-refractivity contribution in [2.45, 2.75) is 45.8 Å². The van der Waals surface area contributed by atoms with Crippen LogP contribution in [-0.4, -0.2) is 36.5 Å². The summed E-state index contributed by atoms with van der Waals surface area (Å²) in [5, 5.41) is 3.66. The molecule has 3 rings (SSSR count). The molecule has 0 aromatic heterocycles. The second-order valence-electron chi connectivity index (χ2n) is 8.18. The minimum absolute atomic E-state index is 0.0274. The zero-order valence-corrected chi connectivity index (χ0v) is 17.1. The Balaban J connectivity index is 1.98. The van der Waals surface area contributed by atoms with Crippen molar-refractivity contribution in [2.24, 2.45) is 4.99 Å². The molecule has 0 spiro atoms. The molecule has 2 aromatic rings. The maximum absolute atomic E-state index is 5.63. The highest BCUT2D eigenvalue weighted by Gasteiger charge is 2.31. The van der Waals surface area contributed by atoms with Crippen molar-refractivity contribution in [3.63, 3.8) is 0 Å². The molecule has 27 heavy (non-hydrogen) atoms. The lowest BCUT2D eigenvalue weighted by Crippen LogP contribution is -2.50. The molecule has 1 aliphatic rings. The first-order valence-corrected chi connectivity index (χ1v) is 9.64. The lowest BCUT2D eigenvalue weighted by Gasteiger charge is -2.39. The zero-order chi connectivity index (χ0) is 19.4. The number of hydrogen-bond acceptors (Lipinski definition) is 3. The van der Waals surface area contributed by atoms with E-state index in [9.17, 15) is 0 Å². The van der Waals surface area contributed by atoms with E-state index in [0.717, 1.165) is 36.8 Å². The number of nitrogens with zero attached hydrogens (tertiary/aromatic N) is 2. The van der Waals surface area contributed by atoms with Crippen molar-refractivity contribution < 1.29 is 4.74 Å². The van der Waals surface area contributed by atoms with Gasteiger partial charge in [0.1, 0.15) is 11.6 Å². The van der Waals surface area contributed by atoms with Gasteiger partial charge in [-0.15, -0.1) is 0 Å². The summed E-state index contributed by atoms with van der Waals surface area (Å²) in [5.41, 5.74) is 3.58. The second-order valence-corrected chi connectivity index (χ2v) is 8.18. The SMILES string of the molecule is COc1ccccc1C1NCCN(Cc2ccc(C)cc2)/C1=N\C(C)(C)C. The number of piperazine rings is 1. The van der Waals surface area contributed by atoms with Gasteiger partial charge in [-0.2, -0.15) is 0 Å². The van der Waals surface area contributed by atoms with Crippen LogP contribution in [0.3, 0.4) is 0 Å². The summed E-state index contributed by atoms with van der Waals surface area (Å²) in [6.07, 6.45) is 0. The van der Waals surface area contributed by atoms with E-state index < -0.39 is 0 Å². The van der Waals surface area contributed by atoms with E-state index in [1.807, 2.05) is 12.1 Å². The molecule has 0 radical (unpaired) electrons. The molecule has 1 N–H and O–H groups in total. The van der Waals surface area contributed by atoms with Crippen molar-refractivity contribution in [2.75, 3.05) is 20.2 Å². The molecule has 0 amide bonds. The molecule has 4 nitrogen and oxygen atoms in total. The summed E-state index contributed by atoms with van der Waals surface area (Å²) >= 11 is 0. The first-order chi connectivity index (χ1) is 12.9. The first kappa shape index (κ1) is 19.4. The van der Waals surface area contributed by atoms with E-state index in [0.29, 0.717) is 0 Å². The molecule has 144 valence electrons. The molecule has 4 heteroatoms. The van der Waals surface area contributed by atoms with Crippen molar-refractivity contribution in [1.82, 2.24) is 10.2 Å². The van der Waals surface area contributed by atoms with E-state index in [-0.39, 0.29) is 11.6 Å². The van der Waals surface area contributed by atoms with Crippen LogP contribution in [0, 0.1) is 6.92 Å². The quantitative estimate of drug-likeness (QED) is 0.875. The maximum Gasteiger partial charge on any atom is 0.124 e. The third-order valence-corrected chi connectivity index (χ3v) is 4.71. The van der Waals surface area contributed by atoms with Crippen molar-refractivity contribution in [1.29, 1.82) is 0 Å². The standard InChI is InChI=1S/C23H31N3O/c1-17-10-12-18(13-11-17)16-26-15-14-24-21(22(26)25-23(2,3)4)19-8-6-7-9-20(19)27-5/h6-13,21,24H,14-16H2,1-5H3/b25-22-. The predicted octanol–water partition coefficient (Wildman–Crippen LogP) is 4.35. The fraction of sp³-hybridized carbons (Fsp3) is 0.435. The highest BCUT2D eigenvalue weighted by atomic mass is 16.5. The van der Waals surface area contributed by atoms with Crippen LogP contribution in [0.5, 0.6) is 5.75 Å². The van der Waals surface area contributed by atoms with E-state index in [1.165, 1.54) is 11.1 Å². The fourth-order valence-corrected chi connectivity index (χ4v) is 3.44. The molecular formula is C23H31N3O. The number of nitrogens with one attached hydrogen (secondary N) is 1. The Labute approximate surface area is 163 Å². The molecule has 0 bridgehead atoms. The summed E-state index contributed by atoms with van der Waals surface area (Å²) < 4.78 is 5.63. The summed E-state index contributed by atoms with van der Waals surface area (Å²) in [6, 6.07) is 17.0. The topological polar surface area (TPSA) is 36.9 Å². The molecule has 2 aromatic carbocycles. The number of ether oxygens (including phenoxy) is 1. The van der Waals surface area contributed by atoms with Gasteiger partial charge in [-0.25, -0.2) is 0 Å². The van der Waals surface area contributed by atoms with Crippen LogP contribution in [0.4, 0.5) is 0 Å². The molecule has 1 atom stereocenters. The van der Waals surface area contributed by atoms with Crippen LogP contribution in [0.1, 0.15) is 43.5 Å². The lowest BCUT2D eigenvalue weighted by atomic mass is 10.00. The van der Waals surface area contributed by atoms with Crippen molar-refractivity contribution in [3.8, 4) is 5.75 Å². The van der Waals surface area contributed by atoms with Gasteiger partial charge in [-0.1, -0.05) is 48.0 Å². The van der Waals surface area contributed by atoms with Gasteiger partial charge in [-0.3, -0.25) is 4.99 Å². The maximum atomic E-state index is 5.63. The van der Waals surface area contributed by atoms with Crippen LogP contribution in [0.25, 0.3) is 0 Å². The smallest absolute Gasteiger partial charge is 0.124 e. The third-order valence-electron chi connectivity index (χ3n) is 4.71. The van der Waals surface area contributed by atoms with Gasteiger partial charge in [0.2, 0.25) is 0 Å². The van der Waals surface area contributed by atoms with Crippen LogP contribution in [-0.2, 0) is 6.54 Å². The van der Waals surface area contributed by atoms with Crippen LogP contribution >= 0.6 is 0 Å². The van der Waals surface area contributed by atoms with E-state index in [4.69, 9.17) is 9.73 Å². The summed E-state index contributed by atoms with van der Waals surface area (Å²) in [7, 11) is 1.73. The van der Waals surface area contributed by atoms with Gasteiger partial charge < -0.3 is 15.0 Å².